The molecule has 0 saturated carbocycles. The third kappa shape index (κ3) is 23.6. The lowest BCUT2D eigenvalue weighted by Crippen LogP contribution is -2.30. The summed E-state index contributed by atoms with van der Waals surface area (Å²) >= 11 is 57.7. The molecule has 2 amide bonds. The van der Waals surface area contributed by atoms with Crippen molar-refractivity contribution < 1.29 is 18.7 Å². The molecule has 5 aromatic rings. The van der Waals surface area contributed by atoms with Crippen LogP contribution >= 0.6 is 153 Å². The molecule has 5 rings (SSSR count). The zero-order chi connectivity index (χ0) is 45.1. The number of rotatable bonds is 12. The average molecular weight is 1100 g/mol. The highest BCUT2D eigenvalue weighted by atomic mass is 35.6. The van der Waals surface area contributed by atoms with E-state index in [0.29, 0.717) is 11.1 Å². The molecule has 0 saturated heterocycles. The van der Waals surface area contributed by atoms with Gasteiger partial charge in [0.1, 0.15) is 14.3 Å². The summed E-state index contributed by atoms with van der Waals surface area (Å²) in [5, 5.41) is 8.76. The lowest BCUT2D eigenvalue weighted by molar-refractivity contribution is 0.0944. The Kier molecular flexibility index (Phi) is 30.2. The van der Waals surface area contributed by atoms with Crippen LogP contribution in [-0.2, 0) is 9.13 Å². The molecule has 0 radical (unpaired) electrons. The Morgan fingerprint density at radius 1 is 0.367 bits per heavy atom. The Balaban J connectivity index is 0.000000964. The number of hydrogen-bond acceptors (Lipinski definition) is 4. The van der Waals surface area contributed by atoms with Gasteiger partial charge in [0.05, 0.1) is 0 Å². The Morgan fingerprint density at radius 2 is 0.550 bits per heavy atom. The summed E-state index contributed by atoms with van der Waals surface area (Å²) in [6.45, 7) is 0.454. The summed E-state index contributed by atoms with van der Waals surface area (Å²) in [4.78, 5) is 25.8. The second-order valence-electron chi connectivity index (χ2n) is 11.3. The number of alkyl halides is 12. The minimum atomic E-state index is -2.94. The van der Waals surface area contributed by atoms with Crippen LogP contribution in [0.25, 0.3) is 0 Å². The summed E-state index contributed by atoms with van der Waals surface area (Å²) < 4.78 is 25.3. The second kappa shape index (κ2) is 31.8. The van der Waals surface area contributed by atoms with Crippen LogP contribution in [0.1, 0.15) is 20.7 Å². The first-order valence-electron chi connectivity index (χ1n) is 17.1. The van der Waals surface area contributed by atoms with Crippen molar-refractivity contribution in [1.29, 1.82) is 0 Å². The van der Waals surface area contributed by atoms with Crippen molar-refractivity contribution in [3.63, 3.8) is 0 Å². The number of nitrogens with one attached hydrogen (secondary N) is 2. The molecular formula is C40H38Cl12N2O4P2. The Morgan fingerprint density at radius 3 is 0.733 bits per heavy atom. The fourth-order valence-corrected chi connectivity index (χ4v) is 10.2. The Hall–Kier alpha value is -1.02. The number of benzene rings is 5. The average Bonchev–Trinajstić information content (AvgIpc) is 3.21. The molecule has 60 heavy (non-hydrogen) atoms. The molecule has 326 valence electrons. The van der Waals surface area contributed by atoms with Crippen LogP contribution in [0.15, 0.2) is 146 Å². The van der Waals surface area contributed by atoms with Crippen molar-refractivity contribution >= 4 is 187 Å². The summed E-state index contributed by atoms with van der Waals surface area (Å²) in [6, 6.07) is 43.8. The largest absolute Gasteiger partial charge is 0.352 e. The third-order valence-corrected chi connectivity index (χ3v) is 13.8. The maximum atomic E-state index is 14.2. The topological polar surface area (TPSA) is 92.3 Å². The van der Waals surface area contributed by atoms with Gasteiger partial charge in [0, 0.05) is 57.8 Å². The van der Waals surface area contributed by atoms with Gasteiger partial charge in [0.25, 0.3) is 11.8 Å². The van der Waals surface area contributed by atoms with E-state index in [-0.39, 0.29) is 37.2 Å². The van der Waals surface area contributed by atoms with Crippen molar-refractivity contribution in [3.8, 4) is 0 Å². The highest BCUT2D eigenvalue weighted by Gasteiger charge is 2.28. The van der Waals surface area contributed by atoms with Gasteiger partial charge in [-0.2, -0.15) is 0 Å². The molecule has 0 aromatic heterocycles. The number of carbonyl (C=O) groups excluding carboxylic acids is 2. The van der Waals surface area contributed by atoms with Gasteiger partial charge in [-0.3, -0.25) is 9.59 Å². The molecule has 0 fully saturated rings. The standard InChI is InChI=1S/C36H34N2O4P2.4CHCl3/c39-35(37-25-27-43(41,31-13-5-1-6-14-31)32-15-7-2-8-16-32)29-21-23-30(24-22-29)36(40)38-26-28-44(42,33-17-9-3-10-18-33)34-19-11-4-12-20-34;4*2-1(3)4/h1-24H,25-28H2,(H,37,39)(H,38,40);4*1H. The minimum Gasteiger partial charge on any atom is -0.352 e. The Labute approximate surface area is 411 Å². The van der Waals surface area contributed by atoms with Gasteiger partial charge in [-0.05, 0) is 24.3 Å². The molecule has 6 nitrogen and oxygen atoms in total. The lowest BCUT2D eigenvalue weighted by atomic mass is 10.1. The van der Waals surface area contributed by atoms with E-state index < -0.39 is 31.5 Å². The van der Waals surface area contributed by atoms with Gasteiger partial charge < -0.3 is 19.8 Å². The monoisotopic (exact) mass is 1090 g/mol. The SMILES string of the molecule is ClC(Cl)Cl.ClC(Cl)Cl.ClC(Cl)Cl.ClC(Cl)Cl.O=C(NCCP(=O)(c1ccccc1)c1ccccc1)c1ccc(C(=O)NCCP(=O)(c2ccccc2)c2ccccc2)cc1. The van der Waals surface area contributed by atoms with Gasteiger partial charge in [-0.15, -0.1) is 0 Å². The maximum absolute atomic E-state index is 14.2. The molecule has 2 N–H and O–H groups in total. The molecule has 0 aliphatic carbocycles. The van der Waals surface area contributed by atoms with Crippen LogP contribution in [0.3, 0.4) is 0 Å². The van der Waals surface area contributed by atoms with Crippen LogP contribution in [0.2, 0.25) is 0 Å². The first-order chi connectivity index (χ1) is 28.3. The summed E-state index contributed by atoms with van der Waals surface area (Å²) in [7, 11) is -5.89. The van der Waals surface area contributed by atoms with E-state index in [2.05, 4.69) is 10.6 Å². The zero-order valence-corrected chi connectivity index (χ0v) is 41.9. The highest BCUT2D eigenvalue weighted by molar-refractivity contribution is 7.79. The molecule has 0 bridgehead atoms. The molecule has 0 unspecified atom stereocenters. The number of hydrogen-bond donors (Lipinski definition) is 2. The summed E-state index contributed by atoms with van der Waals surface area (Å²) in [5.74, 6) is -0.618. The smallest absolute Gasteiger partial charge is 0.251 e. The zero-order valence-electron chi connectivity index (χ0n) is 31.1. The van der Waals surface area contributed by atoms with Gasteiger partial charge in [-0.1, -0.05) is 261 Å². The molecule has 20 heteroatoms. The van der Waals surface area contributed by atoms with Crippen LogP contribution < -0.4 is 31.9 Å². The lowest BCUT2D eigenvalue weighted by Gasteiger charge is -2.20. The first-order valence-corrected chi connectivity index (χ1v) is 26.1. The van der Waals surface area contributed by atoms with Crippen molar-refractivity contribution in [1.82, 2.24) is 10.6 Å². The van der Waals surface area contributed by atoms with Gasteiger partial charge >= 0.3 is 0 Å². The van der Waals surface area contributed by atoms with Crippen molar-refractivity contribution in [2.24, 2.45) is 0 Å². The van der Waals surface area contributed by atoms with Gasteiger partial charge in [0.2, 0.25) is 0 Å². The first kappa shape index (κ1) is 57.0. The molecule has 0 heterocycles. The van der Waals surface area contributed by atoms with E-state index >= 15 is 0 Å². The maximum Gasteiger partial charge on any atom is 0.251 e. The van der Waals surface area contributed by atoms with Crippen LogP contribution in [-0.4, -0.2) is 54.4 Å². The van der Waals surface area contributed by atoms with E-state index in [1.54, 1.807) is 24.3 Å². The van der Waals surface area contributed by atoms with E-state index in [0.717, 1.165) is 21.2 Å². The number of amides is 2. The van der Waals surface area contributed by atoms with Gasteiger partial charge in [0.15, 0.2) is 17.2 Å². The second-order valence-corrected chi connectivity index (χ2v) is 25.2. The predicted molar refractivity (Wildman–Crippen MR) is 266 cm³/mol. The molecular weight excluding hydrogens is 1060 g/mol. The van der Waals surface area contributed by atoms with Crippen molar-refractivity contribution in [2.45, 2.75) is 17.2 Å². The van der Waals surface area contributed by atoms with Crippen LogP contribution in [0, 0.1) is 0 Å². The van der Waals surface area contributed by atoms with Crippen LogP contribution in [0.4, 0.5) is 0 Å². The number of carbonyl (C=O) groups is 2. The molecule has 0 aliphatic heterocycles. The highest BCUT2D eigenvalue weighted by Crippen LogP contribution is 2.43. The summed E-state index contributed by atoms with van der Waals surface area (Å²) in [6.07, 6.45) is 0.562. The minimum absolute atomic E-state index is 0.227. The third-order valence-electron chi connectivity index (χ3n) is 7.53. The normalized spacial score (nSPS) is 10.8. The van der Waals surface area contributed by atoms with E-state index in [4.69, 9.17) is 139 Å². The predicted octanol–water partition coefficient (Wildman–Crippen LogP) is 13.1. The van der Waals surface area contributed by atoms with Crippen molar-refractivity contribution in [2.75, 3.05) is 25.4 Å². The number of halogens is 12. The molecule has 0 atom stereocenters. The molecule has 0 aliphatic rings. The molecule has 0 spiro atoms. The van der Waals surface area contributed by atoms with E-state index in [1.165, 1.54) is 0 Å². The van der Waals surface area contributed by atoms with Crippen LogP contribution in [0.5, 0.6) is 0 Å². The fraction of sp³-hybridized carbons (Fsp3) is 0.200. The molecule has 5 aromatic carbocycles. The van der Waals surface area contributed by atoms with Gasteiger partial charge in [-0.25, -0.2) is 0 Å². The summed E-state index contributed by atoms with van der Waals surface area (Å²) in [5.41, 5.74) is 0.793. The fourth-order valence-electron chi connectivity index (χ4n) is 5.12. The van der Waals surface area contributed by atoms with Crippen molar-refractivity contribution in [3.05, 3.63) is 157 Å². The van der Waals surface area contributed by atoms with E-state index in [1.807, 2.05) is 121 Å². The quantitative estimate of drug-likeness (QED) is 0.0962. The Bertz CT molecular complexity index is 1770. The van der Waals surface area contributed by atoms with E-state index in [9.17, 15) is 18.7 Å².